The van der Waals surface area contributed by atoms with Crippen LogP contribution >= 0.6 is 0 Å². The zero-order valence-corrected chi connectivity index (χ0v) is 12.2. The van der Waals surface area contributed by atoms with Crippen molar-refractivity contribution in [2.75, 3.05) is 0 Å². The maximum absolute atomic E-state index is 11.8. The van der Waals surface area contributed by atoms with Gasteiger partial charge in [0.05, 0.1) is 5.41 Å². The third-order valence-corrected chi connectivity index (χ3v) is 3.59. The Morgan fingerprint density at radius 3 is 2.19 bits per heavy atom. The lowest BCUT2D eigenvalue weighted by Crippen LogP contribution is -2.05. The molecule has 0 aliphatic rings. The topological polar surface area (TPSA) is 60.4 Å². The molecule has 0 saturated carbocycles. The van der Waals surface area contributed by atoms with Crippen LogP contribution in [0.1, 0.15) is 22.8 Å². The summed E-state index contributed by atoms with van der Waals surface area (Å²) in [4.78, 5) is 11.1. The molecule has 0 N–H and O–H groups in total. The average molecular weight is 302 g/mol. The number of hydrogen-bond acceptors (Lipinski definition) is 4. The van der Waals surface area contributed by atoms with Crippen molar-refractivity contribution < 1.29 is 17.4 Å². The van der Waals surface area contributed by atoms with Gasteiger partial charge in [-0.15, -0.1) is 0 Å². The zero-order chi connectivity index (χ0) is 15.3. The molecule has 0 spiro atoms. The summed E-state index contributed by atoms with van der Waals surface area (Å²) in [5.74, 6) is 0.0751. The third kappa shape index (κ3) is 4.57. The molecule has 0 amide bonds. The minimum atomic E-state index is -3.83. The van der Waals surface area contributed by atoms with Gasteiger partial charge >= 0.3 is 10.1 Å². The summed E-state index contributed by atoms with van der Waals surface area (Å²) in [5, 5.41) is 1.00. The van der Waals surface area contributed by atoms with Crippen molar-refractivity contribution >= 4 is 22.0 Å². The maximum atomic E-state index is 11.8. The van der Waals surface area contributed by atoms with E-state index in [2.05, 4.69) is 0 Å². The van der Waals surface area contributed by atoms with Crippen LogP contribution in [0.2, 0.25) is 0 Å². The largest absolute Gasteiger partial charge is 0.379 e. The highest BCUT2D eigenvalue weighted by molar-refractivity contribution is 7.90. The van der Waals surface area contributed by atoms with Crippen molar-refractivity contribution in [1.29, 1.82) is 0 Å². The first-order valence-electron chi connectivity index (χ1n) is 6.25. The summed E-state index contributed by atoms with van der Waals surface area (Å²) in [6.45, 7) is 1.44. The Bertz CT molecular complexity index is 745. The van der Waals surface area contributed by atoms with Gasteiger partial charge in [-0.1, -0.05) is 30.3 Å². The molecule has 108 valence electrons. The highest BCUT2D eigenvalue weighted by Crippen LogP contribution is 2.16. The third-order valence-electron chi connectivity index (χ3n) is 2.70. The van der Waals surface area contributed by atoms with Gasteiger partial charge in [0.1, 0.15) is 5.75 Å². The van der Waals surface area contributed by atoms with Crippen LogP contribution in [0.3, 0.4) is 0 Å². The predicted molar refractivity (Wildman–Crippen MR) is 81.5 cm³/mol. The molecule has 4 nitrogen and oxygen atoms in total. The van der Waals surface area contributed by atoms with Gasteiger partial charge in [-0.05, 0) is 42.8 Å². The van der Waals surface area contributed by atoms with Gasteiger partial charge in [0.2, 0.25) is 0 Å². The van der Waals surface area contributed by atoms with E-state index >= 15 is 0 Å². The normalized spacial score (nSPS) is 11.5. The number of carbonyl (C=O) groups excluding carboxylic acids is 1. The van der Waals surface area contributed by atoms with Crippen molar-refractivity contribution in [3.8, 4) is 5.75 Å². The van der Waals surface area contributed by atoms with Gasteiger partial charge < -0.3 is 4.18 Å². The predicted octanol–water partition coefficient (Wildman–Crippen LogP) is 3.27. The van der Waals surface area contributed by atoms with E-state index in [9.17, 15) is 13.2 Å². The van der Waals surface area contributed by atoms with Crippen molar-refractivity contribution in [2.45, 2.75) is 6.92 Å². The Morgan fingerprint density at radius 2 is 1.62 bits per heavy atom. The monoisotopic (exact) mass is 302 g/mol. The first-order valence-corrected chi connectivity index (χ1v) is 7.72. The quantitative estimate of drug-likeness (QED) is 0.628. The van der Waals surface area contributed by atoms with Crippen LogP contribution in [0, 0.1) is 0 Å². The Hall–Kier alpha value is -2.40. The molecule has 21 heavy (non-hydrogen) atoms. The second-order valence-corrected chi connectivity index (χ2v) is 5.79. The van der Waals surface area contributed by atoms with Crippen molar-refractivity contribution in [2.24, 2.45) is 0 Å². The standard InChI is InChI=1S/C16H14O4S/c1-13(17)15-7-9-16(10-8-15)20-21(18,19)12-11-14-5-3-2-4-6-14/h2-12H,1H3/b12-11+. The van der Waals surface area contributed by atoms with E-state index in [1.54, 1.807) is 12.1 Å². The smallest absolute Gasteiger partial charge is 0.332 e. The highest BCUT2D eigenvalue weighted by atomic mass is 32.2. The summed E-state index contributed by atoms with van der Waals surface area (Å²) < 4.78 is 28.6. The Labute approximate surface area is 123 Å². The lowest BCUT2D eigenvalue weighted by molar-refractivity contribution is 0.101. The lowest BCUT2D eigenvalue weighted by Gasteiger charge is -2.03. The van der Waals surface area contributed by atoms with E-state index in [1.807, 2.05) is 18.2 Å². The summed E-state index contributed by atoms with van der Waals surface area (Å²) in [6.07, 6.45) is 1.46. The molecule has 2 rings (SSSR count). The van der Waals surface area contributed by atoms with E-state index < -0.39 is 10.1 Å². The number of rotatable bonds is 5. The number of benzene rings is 2. The SMILES string of the molecule is CC(=O)c1ccc(OS(=O)(=O)/C=C/c2ccccc2)cc1. The van der Waals surface area contributed by atoms with Crippen LogP contribution < -0.4 is 4.18 Å². The fraction of sp³-hybridized carbons (Fsp3) is 0.0625. The molecular weight excluding hydrogens is 288 g/mol. The highest BCUT2D eigenvalue weighted by Gasteiger charge is 2.08. The molecular formula is C16H14O4S. The summed E-state index contributed by atoms with van der Waals surface area (Å²) in [7, 11) is -3.83. The molecule has 0 atom stereocenters. The van der Waals surface area contributed by atoms with E-state index in [1.165, 1.54) is 37.3 Å². The number of ketones is 1. The van der Waals surface area contributed by atoms with E-state index in [0.29, 0.717) is 5.56 Å². The van der Waals surface area contributed by atoms with Crippen molar-refractivity contribution in [1.82, 2.24) is 0 Å². The van der Waals surface area contributed by atoms with Crippen LogP contribution in [0.25, 0.3) is 6.08 Å². The molecule has 0 heterocycles. The zero-order valence-electron chi connectivity index (χ0n) is 11.4. The molecule has 0 radical (unpaired) electrons. The van der Waals surface area contributed by atoms with Gasteiger partial charge in [0, 0.05) is 5.56 Å². The van der Waals surface area contributed by atoms with Crippen LogP contribution in [0.15, 0.2) is 60.0 Å². The van der Waals surface area contributed by atoms with E-state index in [4.69, 9.17) is 4.18 Å². The molecule has 2 aromatic rings. The van der Waals surface area contributed by atoms with Crippen molar-refractivity contribution in [3.05, 3.63) is 71.1 Å². The second-order valence-electron chi connectivity index (χ2n) is 4.37. The molecule has 2 aromatic carbocycles. The first kappa shape index (κ1) is 15.0. The van der Waals surface area contributed by atoms with E-state index in [0.717, 1.165) is 11.0 Å². The number of hydrogen-bond donors (Lipinski definition) is 0. The Morgan fingerprint density at radius 1 is 1.00 bits per heavy atom. The molecule has 0 saturated heterocycles. The van der Waals surface area contributed by atoms with Gasteiger partial charge in [-0.3, -0.25) is 4.79 Å². The summed E-state index contributed by atoms with van der Waals surface area (Å²) in [5.41, 5.74) is 1.26. The van der Waals surface area contributed by atoms with Crippen molar-refractivity contribution in [3.63, 3.8) is 0 Å². The fourth-order valence-corrected chi connectivity index (χ4v) is 2.39. The van der Waals surface area contributed by atoms with Gasteiger partial charge in [-0.25, -0.2) is 0 Å². The number of carbonyl (C=O) groups is 1. The van der Waals surface area contributed by atoms with E-state index in [-0.39, 0.29) is 11.5 Å². The molecule has 0 aliphatic carbocycles. The van der Waals surface area contributed by atoms with Crippen LogP contribution in [-0.4, -0.2) is 14.2 Å². The molecule has 0 fully saturated rings. The molecule has 0 aliphatic heterocycles. The molecule has 0 bridgehead atoms. The number of Topliss-reactive ketones (excluding diaryl/α,β-unsaturated/α-hetero) is 1. The minimum Gasteiger partial charge on any atom is -0.379 e. The van der Waals surface area contributed by atoms with Gasteiger partial charge in [-0.2, -0.15) is 8.42 Å². The van der Waals surface area contributed by atoms with Gasteiger partial charge in [0.15, 0.2) is 5.78 Å². The van der Waals surface area contributed by atoms with Gasteiger partial charge in [0.25, 0.3) is 0 Å². The fourth-order valence-electron chi connectivity index (χ4n) is 1.63. The molecule has 0 unspecified atom stereocenters. The average Bonchev–Trinajstić information content (AvgIpc) is 2.46. The van der Waals surface area contributed by atoms with Crippen LogP contribution in [-0.2, 0) is 10.1 Å². The summed E-state index contributed by atoms with van der Waals surface area (Å²) in [6, 6.07) is 15.0. The summed E-state index contributed by atoms with van der Waals surface area (Å²) >= 11 is 0. The Kier molecular flexibility index (Phi) is 4.55. The first-order chi connectivity index (χ1) is 9.96. The van der Waals surface area contributed by atoms with Crippen LogP contribution in [0.4, 0.5) is 0 Å². The lowest BCUT2D eigenvalue weighted by atomic mass is 10.1. The Balaban J connectivity index is 2.10. The molecule has 5 heteroatoms. The minimum absolute atomic E-state index is 0.0895. The second kappa shape index (κ2) is 6.37. The van der Waals surface area contributed by atoms with Crippen LogP contribution in [0.5, 0.6) is 5.75 Å². The maximum Gasteiger partial charge on any atom is 0.332 e. The molecule has 0 aromatic heterocycles.